The zero-order valence-electron chi connectivity index (χ0n) is 11.7. The monoisotopic (exact) mass is 345 g/mol. The maximum atomic E-state index is 12.6. The summed E-state index contributed by atoms with van der Waals surface area (Å²) in [5, 5.41) is 2.08. The first kappa shape index (κ1) is 15.0. The predicted molar refractivity (Wildman–Crippen MR) is 81.2 cm³/mol. The quantitative estimate of drug-likeness (QED) is 0.838. The summed E-state index contributed by atoms with van der Waals surface area (Å²) in [6.45, 7) is 6.80. The molecule has 5 heteroatoms. The lowest BCUT2D eigenvalue weighted by atomic mass is 9.88. The van der Waals surface area contributed by atoms with E-state index in [0.29, 0.717) is 6.54 Å². The van der Waals surface area contributed by atoms with Crippen LogP contribution in [-0.2, 0) is 16.1 Å². The highest BCUT2D eigenvalue weighted by Gasteiger charge is 2.42. The topological polar surface area (TPSA) is 29.5 Å². The molecule has 1 aromatic rings. The molecule has 1 aromatic heterocycles. The number of carbonyl (C=O) groups excluding carboxylic acids is 1. The standard InChI is InChI=1S/C14H20BrNO2S/c1-8-9(2)18-10(3)13(8)14(17)16(4)6-11-5-12(15)19-7-11/h5,7-10,13H,6H2,1-4H3. The van der Waals surface area contributed by atoms with E-state index >= 15 is 0 Å². The van der Waals surface area contributed by atoms with Crippen LogP contribution in [0.5, 0.6) is 0 Å². The zero-order valence-corrected chi connectivity index (χ0v) is 14.1. The number of thiophene rings is 1. The molecule has 4 atom stereocenters. The van der Waals surface area contributed by atoms with Gasteiger partial charge < -0.3 is 9.64 Å². The van der Waals surface area contributed by atoms with Crippen LogP contribution in [0.3, 0.4) is 0 Å². The van der Waals surface area contributed by atoms with Crippen LogP contribution in [0.15, 0.2) is 15.2 Å². The molecule has 1 aliphatic rings. The fraction of sp³-hybridized carbons (Fsp3) is 0.643. The molecule has 0 N–H and O–H groups in total. The summed E-state index contributed by atoms with van der Waals surface area (Å²) in [5.74, 6) is 0.438. The van der Waals surface area contributed by atoms with Gasteiger partial charge in [0.1, 0.15) is 0 Å². The van der Waals surface area contributed by atoms with Gasteiger partial charge in [-0.2, -0.15) is 0 Å². The number of halogens is 1. The van der Waals surface area contributed by atoms with E-state index in [2.05, 4.69) is 34.3 Å². The summed E-state index contributed by atoms with van der Waals surface area (Å²) in [6.07, 6.45) is 0.168. The van der Waals surface area contributed by atoms with Gasteiger partial charge in [-0.05, 0) is 52.7 Å². The largest absolute Gasteiger partial charge is 0.374 e. The van der Waals surface area contributed by atoms with Gasteiger partial charge in [0, 0.05) is 13.6 Å². The molecule has 3 nitrogen and oxygen atoms in total. The molecular weight excluding hydrogens is 326 g/mol. The van der Waals surface area contributed by atoms with E-state index in [1.165, 1.54) is 5.56 Å². The van der Waals surface area contributed by atoms with Crippen LogP contribution in [0.1, 0.15) is 26.3 Å². The van der Waals surface area contributed by atoms with Crippen molar-refractivity contribution in [2.24, 2.45) is 11.8 Å². The minimum Gasteiger partial charge on any atom is -0.374 e. The van der Waals surface area contributed by atoms with Crippen molar-refractivity contribution in [3.05, 3.63) is 20.8 Å². The number of rotatable bonds is 3. The van der Waals surface area contributed by atoms with Gasteiger partial charge in [0.05, 0.1) is 21.9 Å². The van der Waals surface area contributed by atoms with Crippen LogP contribution in [0.25, 0.3) is 0 Å². The van der Waals surface area contributed by atoms with Gasteiger partial charge in [0.25, 0.3) is 0 Å². The van der Waals surface area contributed by atoms with Crippen LogP contribution in [-0.4, -0.2) is 30.1 Å². The molecule has 0 saturated carbocycles. The smallest absolute Gasteiger partial charge is 0.228 e. The number of hydrogen-bond acceptors (Lipinski definition) is 3. The van der Waals surface area contributed by atoms with Crippen molar-refractivity contribution < 1.29 is 9.53 Å². The van der Waals surface area contributed by atoms with Gasteiger partial charge in [-0.25, -0.2) is 0 Å². The van der Waals surface area contributed by atoms with Gasteiger partial charge in [-0.15, -0.1) is 11.3 Å². The molecule has 0 aromatic carbocycles. The van der Waals surface area contributed by atoms with Crippen molar-refractivity contribution >= 4 is 33.2 Å². The number of ether oxygens (including phenoxy) is 1. The summed E-state index contributed by atoms with van der Waals surface area (Å²) in [5.41, 5.74) is 1.17. The Bertz CT molecular complexity index is 462. The van der Waals surface area contributed by atoms with E-state index in [1.807, 2.05) is 25.8 Å². The van der Waals surface area contributed by atoms with Gasteiger partial charge in [-0.1, -0.05) is 6.92 Å². The van der Waals surface area contributed by atoms with Crippen LogP contribution in [0.2, 0.25) is 0 Å². The van der Waals surface area contributed by atoms with Gasteiger partial charge >= 0.3 is 0 Å². The lowest BCUT2D eigenvalue weighted by Gasteiger charge is -2.24. The van der Waals surface area contributed by atoms with E-state index in [0.717, 1.165) is 3.79 Å². The van der Waals surface area contributed by atoms with Crippen molar-refractivity contribution in [3.8, 4) is 0 Å². The summed E-state index contributed by atoms with van der Waals surface area (Å²) < 4.78 is 6.86. The fourth-order valence-corrected chi connectivity index (χ4v) is 3.93. The molecule has 1 fully saturated rings. The Morgan fingerprint density at radius 3 is 2.58 bits per heavy atom. The first-order chi connectivity index (χ1) is 8.90. The lowest BCUT2D eigenvalue weighted by Crippen LogP contribution is -2.38. The summed E-state index contributed by atoms with van der Waals surface area (Å²) >= 11 is 5.09. The highest BCUT2D eigenvalue weighted by Crippen LogP contribution is 2.33. The maximum Gasteiger partial charge on any atom is 0.228 e. The van der Waals surface area contributed by atoms with E-state index < -0.39 is 0 Å². The average molecular weight is 346 g/mol. The molecule has 1 saturated heterocycles. The van der Waals surface area contributed by atoms with Gasteiger partial charge in [0.2, 0.25) is 5.91 Å². The van der Waals surface area contributed by atoms with Gasteiger partial charge in [-0.3, -0.25) is 4.79 Å². The average Bonchev–Trinajstić information content (AvgIpc) is 2.84. The van der Waals surface area contributed by atoms with Crippen LogP contribution in [0, 0.1) is 11.8 Å². The molecule has 2 heterocycles. The van der Waals surface area contributed by atoms with E-state index in [9.17, 15) is 4.79 Å². The molecule has 1 aliphatic heterocycles. The first-order valence-electron chi connectivity index (χ1n) is 6.53. The van der Waals surface area contributed by atoms with Crippen molar-refractivity contribution in [1.82, 2.24) is 4.90 Å². The van der Waals surface area contributed by atoms with Gasteiger partial charge in [0.15, 0.2) is 0 Å². The Labute approximate surface area is 127 Å². The number of hydrogen-bond donors (Lipinski definition) is 0. The lowest BCUT2D eigenvalue weighted by molar-refractivity contribution is -0.137. The Balaban J connectivity index is 2.03. The summed E-state index contributed by atoms with van der Waals surface area (Å²) in [7, 11) is 1.87. The van der Waals surface area contributed by atoms with E-state index in [4.69, 9.17) is 4.74 Å². The second-order valence-corrected chi connectivity index (χ2v) is 7.68. The van der Waals surface area contributed by atoms with E-state index in [-0.39, 0.29) is 30.0 Å². The highest BCUT2D eigenvalue weighted by atomic mass is 79.9. The predicted octanol–water partition coefficient (Wildman–Crippen LogP) is 3.53. The van der Waals surface area contributed by atoms with Crippen molar-refractivity contribution in [2.75, 3.05) is 7.05 Å². The third-order valence-electron chi connectivity index (χ3n) is 3.94. The molecule has 0 spiro atoms. The normalized spacial score (nSPS) is 30.6. The first-order valence-corrected chi connectivity index (χ1v) is 8.20. The fourth-order valence-electron chi connectivity index (χ4n) is 2.73. The molecule has 0 radical (unpaired) electrons. The molecule has 2 rings (SSSR count). The molecule has 19 heavy (non-hydrogen) atoms. The third-order valence-corrected chi connectivity index (χ3v) is 5.50. The Morgan fingerprint density at radius 1 is 1.42 bits per heavy atom. The molecule has 1 amide bonds. The van der Waals surface area contributed by atoms with Crippen LogP contribution in [0.4, 0.5) is 0 Å². The summed E-state index contributed by atoms with van der Waals surface area (Å²) in [4.78, 5) is 14.4. The minimum atomic E-state index is -0.0259. The van der Waals surface area contributed by atoms with Crippen molar-refractivity contribution in [1.29, 1.82) is 0 Å². The number of carbonyl (C=O) groups is 1. The maximum absolute atomic E-state index is 12.6. The van der Waals surface area contributed by atoms with Crippen molar-refractivity contribution in [3.63, 3.8) is 0 Å². The molecule has 0 bridgehead atoms. The third kappa shape index (κ3) is 3.20. The Morgan fingerprint density at radius 2 is 2.11 bits per heavy atom. The molecule has 4 unspecified atom stereocenters. The number of nitrogens with zero attached hydrogens (tertiary/aromatic N) is 1. The van der Waals surface area contributed by atoms with Crippen molar-refractivity contribution in [2.45, 2.75) is 39.5 Å². The SMILES string of the molecule is CC1OC(C)C(C(=O)N(C)Cc2csc(Br)c2)C1C. The molecule has 0 aliphatic carbocycles. The van der Waals surface area contributed by atoms with Crippen LogP contribution >= 0.6 is 27.3 Å². The zero-order chi connectivity index (χ0) is 14.2. The Hall–Kier alpha value is -0.390. The minimum absolute atomic E-state index is 0.00848. The summed E-state index contributed by atoms with van der Waals surface area (Å²) in [6, 6.07) is 2.06. The second-order valence-electron chi connectivity index (χ2n) is 5.38. The molecule has 106 valence electrons. The molecular formula is C14H20BrNO2S. The van der Waals surface area contributed by atoms with E-state index in [1.54, 1.807) is 11.3 Å². The number of amides is 1. The second kappa shape index (κ2) is 5.94. The Kier molecular flexibility index (Phi) is 4.69. The highest BCUT2D eigenvalue weighted by molar-refractivity contribution is 9.11. The van der Waals surface area contributed by atoms with Crippen LogP contribution < -0.4 is 0 Å².